The molecule has 0 bridgehead atoms. The molecule has 4 aromatic rings. The van der Waals surface area contributed by atoms with Crippen molar-refractivity contribution in [1.29, 1.82) is 0 Å². The first kappa shape index (κ1) is 22.4. The van der Waals surface area contributed by atoms with E-state index in [1.54, 1.807) is 23.1 Å². The molecule has 0 fully saturated rings. The predicted octanol–water partition coefficient (Wildman–Crippen LogP) is 5.64. The van der Waals surface area contributed by atoms with E-state index in [0.29, 0.717) is 23.6 Å². The van der Waals surface area contributed by atoms with Crippen LogP contribution in [-0.2, 0) is 12.2 Å². The SMILES string of the molecule is Cc1nnc(SCc2c(C(=O)NCCc3ccc(OC(C)C)cc3)oc3ccccc23)s1. The molecule has 0 aliphatic heterocycles. The van der Waals surface area contributed by atoms with Crippen LogP contribution in [0.2, 0.25) is 0 Å². The maximum atomic E-state index is 13.0. The summed E-state index contributed by atoms with van der Waals surface area (Å²) >= 11 is 3.11. The second kappa shape index (κ2) is 10.2. The minimum Gasteiger partial charge on any atom is -0.491 e. The number of nitrogens with zero attached hydrogens (tertiary/aromatic N) is 2. The molecule has 0 saturated carbocycles. The molecule has 0 radical (unpaired) electrons. The lowest BCUT2D eigenvalue weighted by molar-refractivity contribution is 0.0927. The van der Waals surface area contributed by atoms with Gasteiger partial charge in [0.2, 0.25) is 0 Å². The molecule has 6 nitrogen and oxygen atoms in total. The monoisotopic (exact) mass is 467 g/mol. The largest absolute Gasteiger partial charge is 0.491 e. The fraction of sp³-hybridized carbons (Fsp3) is 0.292. The number of hydrogen-bond donors (Lipinski definition) is 1. The van der Waals surface area contributed by atoms with Crippen molar-refractivity contribution in [3.05, 3.63) is 70.4 Å². The Labute approximate surface area is 195 Å². The Morgan fingerprint density at radius 2 is 1.94 bits per heavy atom. The van der Waals surface area contributed by atoms with Crippen LogP contribution in [0, 0.1) is 6.92 Å². The van der Waals surface area contributed by atoms with Gasteiger partial charge in [-0.25, -0.2) is 0 Å². The van der Waals surface area contributed by atoms with Crippen molar-refractivity contribution in [2.24, 2.45) is 0 Å². The average Bonchev–Trinajstić information content (AvgIpc) is 3.36. The Kier molecular flexibility index (Phi) is 7.12. The molecule has 2 aromatic heterocycles. The Morgan fingerprint density at radius 3 is 2.66 bits per heavy atom. The second-order valence-corrected chi connectivity index (χ2v) is 10.0. The van der Waals surface area contributed by atoms with E-state index in [-0.39, 0.29) is 12.0 Å². The molecule has 2 heterocycles. The number of aryl methyl sites for hydroxylation is 1. The van der Waals surface area contributed by atoms with E-state index in [1.165, 1.54) is 0 Å². The molecule has 8 heteroatoms. The van der Waals surface area contributed by atoms with Crippen LogP contribution in [0.25, 0.3) is 11.0 Å². The molecular weight excluding hydrogens is 442 g/mol. The number of rotatable bonds is 9. The highest BCUT2D eigenvalue weighted by Gasteiger charge is 2.21. The number of carbonyl (C=O) groups excluding carboxylic acids is 1. The third-order valence-electron chi connectivity index (χ3n) is 4.75. The van der Waals surface area contributed by atoms with Crippen LogP contribution in [0.1, 0.15) is 40.5 Å². The topological polar surface area (TPSA) is 77.2 Å². The minimum absolute atomic E-state index is 0.146. The molecule has 1 amide bonds. The van der Waals surface area contributed by atoms with Gasteiger partial charge in [-0.1, -0.05) is 53.4 Å². The Hall–Kier alpha value is -2.84. The first-order chi connectivity index (χ1) is 15.5. The van der Waals surface area contributed by atoms with Crippen molar-refractivity contribution < 1.29 is 13.9 Å². The number of thioether (sulfide) groups is 1. The van der Waals surface area contributed by atoms with Gasteiger partial charge in [0, 0.05) is 23.2 Å². The summed E-state index contributed by atoms with van der Waals surface area (Å²) in [7, 11) is 0. The van der Waals surface area contributed by atoms with E-state index >= 15 is 0 Å². The van der Waals surface area contributed by atoms with Gasteiger partial charge in [-0.2, -0.15) is 0 Å². The van der Waals surface area contributed by atoms with E-state index in [4.69, 9.17) is 9.15 Å². The number of para-hydroxylation sites is 1. The molecule has 0 aliphatic carbocycles. The highest BCUT2D eigenvalue weighted by Crippen LogP contribution is 2.33. The fourth-order valence-electron chi connectivity index (χ4n) is 3.30. The van der Waals surface area contributed by atoms with Crippen LogP contribution in [0.3, 0.4) is 0 Å². The number of carbonyl (C=O) groups is 1. The normalized spacial score (nSPS) is 11.2. The van der Waals surface area contributed by atoms with Crippen LogP contribution < -0.4 is 10.1 Å². The van der Waals surface area contributed by atoms with Gasteiger partial charge in [0.05, 0.1) is 6.10 Å². The maximum absolute atomic E-state index is 13.0. The summed E-state index contributed by atoms with van der Waals surface area (Å²) < 4.78 is 12.5. The number of aromatic nitrogens is 2. The lowest BCUT2D eigenvalue weighted by atomic mass is 10.1. The van der Waals surface area contributed by atoms with Gasteiger partial charge in [0.1, 0.15) is 16.3 Å². The van der Waals surface area contributed by atoms with E-state index in [0.717, 1.165) is 38.0 Å². The first-order valence-corrected chi connectivity index (χ1v) is 12.3. The highest BCUT2D eigenvalue weighted by molar-refractivity contribution is 8.00. The Balaban J connectivity index is 1.42. The smallest absolute Gasteiger partial charge is 0.287 e. The first-order valence-electron chi connectivity index (χ1n) is 10.5. The quantitative estimate of drug-likeness (QED) is 0.321. The Morgan fingerprint density at radius 1 is 1.16 bits per heavy atom. The molecule has 0 aliphatic rings. The molecule has 1 N–H and O–H groups in total. The molecular formula is C24H25N3O3S2. The summed E-state index contributed by atoms with van der Waals surface area (Å²) in [4.78, 5) is 13.0. The number of ether oxygens (including phenoxy) is 1. The van der Waals surface area contributed by atoms with Crippen molar-refractivity contribution >= 4 is 40.0 Å². The zero-order valence-corrected chi connectivity index (χ0v) is 19.9. The Bertz CT molecular complexity index is 1200. The number of amides is 1. The van der Waals surface area contributed by atoms with Gasteiger partial charge >= 0.3 is 0 Å². The third-order valence-corrected chi connectivity index (χ3v) is 6.74. The van der Waals surface area contributed by atoms with Crippen molar-refractivity contribution in [2.75, 3.05) is 6.54 Å². The van der Waals surface area contributed by atoms with Crippen LogP contribution in [-0.4, -0.2) is 28.8 Å². The summed E-state index contributed by atoms with van der Waals surface area (Å²) in [6.07, 6.45) is 0.870. The van der Waals surface area contributed by atoms with E-state index in [2.05, 4.69) is 15.5 Å². The minimum atomic E-state index is -0.204. The second-order valence-electron chi connectivity index (χ2n) is 7.60. The lowest BCUT2D eigenvalue weighted by Crippen LogP contribution is -2.26. The number of benzene rings is 2. The zero-order valence-electron chi connectivity index (χ0n) is 18.3. The van der Waals surface area contributed by atoms with Crippen LogP contribution in [0.4, 0.5) is 0 Å². The summed E-state index contributed by atoms with van der Waals surface area (Å²) in [5, 5.41) is 13.1. The van der Waals surface area contributed by atoms with Crippen molar-refractivity contribution in [1.82, 2.24) is 15.5 Å². The number of nitrogens with one attached hydrogen (secondary N) is 1. The molecule has 0 spiro atoms. The van der Waals surface area contributed by atoms with Crippen LogP contribution in [0.15, 0.2) is 57.3 Å². The molecule has 2 aromatic carbocycles. The molecule has 32 heavy (non-hydrogen) atoms. The van der Waals surface area contributed by atoms with E-state index in [9.17, 15) is 4.79 Å². The summed E-state index contributed by atoms with van der Waals surface area (Å²) in [5.74, 6) is 1.60. The maximum Gasteiger partial charge on any atom is 0.287 e. The van der Waals surface area contributed by atoms with E-state index < -0.39 is 0 Å². The summed E-state index contributed by atoms with van der Waals surface area (Å²) in [5.41, 5.74) is 2.72. The summed E-state index contributed by atoms with van der Waals surface area (Å²) in [6.45, 7) is 6.45. The van der Waals surface area contributed by atoms with E-state index in [1.807, 2.05) is 69.3 Å². The zero-order chi connectivity index (χ0) is 22.5. The highest BCUT2D eigenvalue weighted by atomic mass is 32.2. The molecule has 0 saturated heterocycles. The van der Waals surface area contributed by atoms with Crippen molar-refractivity contribution in [3.8, 4) is 5.75 Å². The van der Waals surface area contributed by atoms with Gasteiger partial charge in [0.25, 0.3) is 5.91 Å². The molecule has 4 rings (SSSR count). The lowest BCUT2D eigenvalue weighted by Gasteiger charge is -2.10. The number of hydrogen-bond acceptors (Lipinski definition) is 7. The number of furan rings is 1. The third kappa shape index (κ3) is 5.49. The average molecular weight is 468 g/mol. The van der Waals surface area contributed by atoms with Gasteiger partial charge in [-0.15, -0.1) is 10.2 Å². The van der Waals surface area contributed by atoms with Gasteiger partial charge in [0.15, 0.2) is 10.1 Å². The molecule has 0 atom stereocenters. The van der Waals surface area contributed by atoms with Crippen LogP contribution >= 0.6 is 23.1 Å². The molecule has 166 valence electrons. The van der Waals surface area contributed by atoms with Gasteiger partial charge in [-0.3, -0.25) is 4.79 Å². The van der Waals surface area contributed by atoms with Crippen molar-refractivity contribution in [3.63, 3.8) is 0 Å². The van der Waals surface area contributed by atoms with Gasteiger partial charge < -0.3 is 14.5 Å². The van der Waals surface area contributed by atoms with Crippen molar-refractivity contribution in [2.45, 2.75) is 43.4 Å². The van der Waals surface area contributed by atoms with Crippen LogP contribution in [0.5, 0.6) is 5.75 Å². The van der Waals surface area contributed by atoms with Gasteiger partial charge in [-0.05, 0) is 51.0 Å². The predicted molar refractivity (Wildman–Crippen MR) is 129 cm³/mol. The summed E-state index contributed by atoms with van der Waals surface area (Å²) in [6, 6.07) is 15.7. The number of fused-ring (bicyclic) bond motifs is 1. The molecule has 0 unspecified atom stereocenters. The fourth-order valence-corrected chi connectivity index (χ4v) is 5.15. The standard InChI is InChI=1S/C24H25N3O3S2/c1-15(2)29-18-10-8-17(9-11-18)12-13-25-23(28)22-20(14-31-24-27-26-16(3)32-24)19-6-4-5-7-21(19)30-22/h4-11,15H,12-14H2,1-3H3,(H,25,28).